The first kappa shape index (κ1) is 20.8. The van der Waals surface area contributed by atoms with E-state index in [0.717, 1.165) is 29.5 Å². The second-order valence-corrected chi connectivity index (χ2v) is 8.33. The van der Waals surface area contributed by atoms with E-state index in [1.54, 1.807) is 11.0 Å². The zero-order chi connectivity index (χ0) is 22.1. The quantitative estimate of drug-likeness (QED) is 0.658. The molecule has 0 saturated carbocycles. The van der Waals surface area contributed by atoms with Gasteiger partial charge in [0.15, 0.2) is 0 Å². The number of rotatable bonds is 3. The number of nitrogens with one attached hydrogen (secondary N) is 2. The van der Waals surface area contributed by atoms with Gasteiger partial charge in [0.1, 0.15) is 5.82 Å². The van der Waals surface area contributed by atoms with Crippen molar-refractivity contribution < 1.29 is 14.4 Å². The van der Waals surface area contributed by atoms with E-state index < -0.39 is 11.8 Å². The van der Waals surface area contributed by atoms with Gasteiger partial charge in [-0.1, -0.05) is 26.0 Å². The topological polar surface area (TPSA) is 117 Å². The molecule has 4 N–H and O–H groups in total. The maximum Gasteiger partial charge on any atom is 0.313 e. The number of benzene rings is 1. The van der Waals surface area contributed by atoms with E-state index in [2.05, 4.69) is 22.5 Å². The van der Waals surface area contributed by atoms with Gasteiger partial charge in [0.2, 0.25) is 0 Å². The van der Waals surface area contributed by atoms with Crippen molar-refractivity contribution in [3.63, 3.8) is 0 Å². The van der Waals surface area contributed by atoms with Crippen LogP contribution in [0.25, 0.3) is 0 Å². The SMILES string of the molecule is CCc1cc(NC(=O)C(=O)N2C[C@@H](C)CCC2c2ccc3c(c2)C(=O)NC3)cnc1N. The molecule has 2 aliphatic rings. The number of aromatic nitrogens is 1. The summed E-state index contributed by atoms with van der Waals surface area (Å²) >= 11 is 0. The monoisotopic (exact) mass is 421 g/mol. The average molecular weight is 422 g/mol. The van der Waals surface area contributed by atoms with E-state index in [1.165, 1.54) is 6.20 Å². The van der Waals surface area contributed by atoms with Crippen molar-refractivity contribution in [3.8, 4) is 0 Å². The Hall–Kier alpha value is -3.42. The van der Waals surface area contributed by atoms with Crippen LogP contribution in [-0.4, -0.2) is 34.2 Å². The number of piperidine rings is 1. The predicted octanol–water partition coefficient (Wildman–Crippen LogP) is 2.41. The molecule has 1 fully saturated rings. The summed E-state index contributed by atoms with van der Waals surface area (Å²) in [6, 6.07) is 7.23. The molecular weight excluding hydrogens is 394 g/mol. The number of nitrogens with zero attached hydrogens (tertiary/aromatic N) is 2. The Morgan fingerprint density at radius 2 is 2.10 bits per heavy atom. The largest absolute Gasteiger partial charge is 0.383 e. The molecule has 31 heavy (non-hydrogen) atoms. The second-order valence-electron chi connectivity index (χ2n) is 8.33. The highest BCUT2D eigenvalue weighted by molar-refractivity contribution is 6.39. The standard InChI is InChI=1S/C23H27N5O3/c1-3-14-8-17(11-25-20(14)24)27-22(30)23(31)28-12-13(2)4-7-19(28)15-5-6-16-10-26-21(29)18(16)9-15/h5-6,8-9,11,13,19H,3-4,7,10,12H2,1-2H3,(H2,24,25)(H,26,29)(H,27,30)/t13-,19?/m0/s1. The predicted molar refractivity (Wildman–Crippen MR) is 117 cm³/mol. The molecule has 1 aromatic heterocycles. The summed E-state index contributed by atoms with van der Waals surface area (Å²) < 4.78 is 0. The zero-order valence-electron chi connectivity index (χ0n) is 17.8. The van der Waals surface area contributed by atoms with E-state index in [9.17, 15) is 14.4 Å². The van der Waals surface area contributed by atoms with Crippen molar-refractivity contribution in [1.82, 2.24) is 15.2 Å². The summed E-state index contributed by atoms with van der Waals surface area (Å²) in [7, 11) is 0. The van der Waals surface area contributed by atoms with Crippen LogP contribution in [0, 0.1) is 5.92 Å². The molecule has 2 aliphatic heterocycles. The van der Waals surface area contributed by atoms with Crippen molar-refractivity contribution in [2.45, 2.75) is 45.7 Å². The number of hydrogen-bond donors (Lipinski definition) is 3. The minimum absolute atomic E-state index is 0.0979. The number of fused-ring (bicyclic) bond motifs is 1. The van der Waals surface area contributed by atoms with Crippen LogP contribution < -0.4 is 16.4 Å². The molecule has 1 unspecified atom stereocenters. The molecule has 3 heterocycles. The minimum Gasteiger partial charge on any atom is -0.383 e. The van der Waals surface area contributed by atoms with Crippen LogP contribution in [0.15, 0.2) is 30.5 Å². The molecular formula is C23H27N5O3. The van der Waals surface area contributed by atoms with Gasteiger partial charge in [-0.05, 0) is 54.0 Å². The van der Waals surface area contributed by atoms with Crippen molar-refractivity contribution in [2.24, 2.45) is 5.92 Å². The third-order valence-corrected chi connectivity index (χ3v) is 6.12. The lowest BCUT2D eigenvalue weighted by Crippen LogP contribution is -2.46. The van der Waals surface area contributed by atoms with Gasteiger partial charge in [-0.15, -0.1) is 0 Å². The number of carbonyl (C=O) groups is 3. The number of pyridine rings is 1. The third-order valence-electron chi connectivity index (χ3n) is 6.12. The number of aryl methyl sites for hydroxylation is 1. The Labute approximate surface area is 181 Å². The number of anilines is 2. The summed E-state index contributed by atoms with van der Waals surface area (Å²) in [5.74, 6) is -0.685. The molecule has 162 valence electrons. The van der Waals surface area contributed by atoms with Gasteiger partial charge in [0, 0.05) is 18.7 Å². The first-order valence-electron chi connectivity index (χ1n) is 10.6. The number of nitrogen functional groups attached to an aromatic ring is 1. The number of nitrogens with two attached hydrogens (primary N) is 1. The normalized spacial score (nSPS) is 20.2. The number of carbonyl (C=O) groups excluding carboxylic acids is 3. The van der Waals surface area contributed by atoms with Crippen molar-refractivity contribution in [3.05, 3.63) is 52.7 Å². The van der Waals surface area contributed by atoms with Crippen LogP contribution in [0.2, 0.25) is 0 Å². The first-order chi connectivity index (χ1) is 14.9. The Kier molecular flexibility index (Phi) is 5.63. The van der Waals surface area contributed by atoms with Gasteiger partial charge < -0.3 is 21.3 Å². The van der Waals surface area contributed by atoms with E-state index in [1.807, 2.05) is 25.1 Å². The lowest BCUT2D eigenvalue weighted by atomic mass is 9.88. The molecule has 1 aromatic carbocycles. The van der Waals surface area contributed by atoms with Crippen molar-refractivity contribution in [1.29, 1.82) is 0 Å². The number of amides is 3. The summed E-state index contributed by atoms with van der Waals surface area (Å²) in [5.41, 5.74) is 9.56. The van der Waals surface area contributed by atoms with Gasteiger partial charge in [0.25, 0.3) is 5.91 Å². The van der Waals surface area contributed by atoms with Crippen LogP contribution >= 0.6 is 0 Å². The molecule has 3 amide bonds. The van der Waals surface area contributed by atoms with Crippen LogP contribution in [0.3, 0.4) is 0 Å². The lowest BCUT2D eigenvalue weighted by molar-refractivity contribution is -0.146. The van der Waals surface area contributed by atoms with E-state index in [4.69, 9.17) is 5.73 Å². The van der Waals surface area contributed by atoms with Crippen LogP contribution in [-0.2, 0) is 22.6 Å². The number of hydrogen-bond acceptors (Lipinski definition) is 5. The Morgan fingerprint density at radius 3 is 2.87 bits per heavy atom. The lowest BCUT2D eigenvalue weighted by Gasteiger charge is -2.38. The van der Waals surface area contributed by atoms with Crippen molar-refractivity contribution >= 4 is 29.2 Å². The Balaban J connectivity index is 1.56. The fourth-order valence-electron chi connectivity index (χ4n) is 4.35. The van der Waals surface area contributed by atoms with Gasteiger partial charge in [-0.25, -0.2) is 4.98 Å². The third kappa shape index (κ3) is 4.10. The molecule has 8 heteroatoms. The zero-order valence-corrected chi connectivity index (χ0v) is 17.8. The molecule has 2 atom stereocenters. The summed E-state index contributed by atoms with van der Waals surface area (Å²) in [6.45, 7) is 5.03. The highest BCUT2D eigenvalue weighted by Crippen LogP contribution is 2.35. The molecule has 2 aromatic rings. The van der Waals surface area contributed by atoms with Crippen LogP contribution in [0.5, 0.6) is 0 Å². The molecule has 0 bridgehead atoms. The van der Waals surface area contributed by atoms with E-state index in [0.29, 0.717) is 36.6 Å². The molecule has 4 rings (SSSR count). The molecule has 0 spiro atoms. The first-order valence-corrected chi connectivity index (χ1v) is 10.6. The maximum absolute atomic E-state index is 13.1. The van der Waals surface area contributed by atoms with Crippen molar-refractivity contribution in [2.75, 3.05) is 17.6 Å². The Bertz CT molecular complexity index is 1050. The van der Waals surface area contributed by atoms with Gasteiger partial charge in [-0.3, -0.25) is 14.4 Å². The average Bonchev–Trinajstić information content (AvgIpc) is 3.14. The number of likely N-dealkylation sites (tertiary alicyclic amines) is 1. The summed E-state index contributed by atoms with van der Waals surface area (Å²) in [5, 5.41) is 5.48. The molecule has 8 nitrogen and oxygen atoms in total. The van der Waals surface area contributed by atoms with Crippen LogP contribution in [0.4, 0.5) is 11.5 Å². The Morgan fingerprint density at radius 1 is 1.29 bits per heavy atom. The van der Waals surface area contributed by atoms with Crippen LogP contribution in [0.1, 0.15) is 59.8 Å². The van der Waals surface area contributed by atoms with E-state index in [-0.39, 0.29) is 17.9 Å². The highest BCUT2D eigenvalue weighted by Gasteiger charge is 2.35. The fraction of sp³-hybridized carbons (Fsp3) is 0.391. The fourth-order valence-corrected chi connectivity index (χ4v) is 4.35. The highest BCUT2D eigenvalue weighted by atomic mass is 16.2. The summed E-state index contributed by atoms with van der Waals surface area (Å²) in [4.78, 5) is 43.7. The molecule has 0 radical (unpaired) electrons. The minimum atomic E-state index is -0.702. The van der Waals surface area contributed by atoms with E-state index >= 15 is 0 Å². The molecule has 0 aliphatic carbocycles. The van der Waals surface area contributed by atoms with Gasteiger partial charge in [-0.2, -0.15) is 0 Å². The summed E-state index contributed by atoms with van der Waals surface area (Å²) in [6.07, 6.45) is 3.81. The van der Waals surface area contributed by atoms with Gasteiger partial charge >= 0.3 is 11.8 Å². The smallest absolute Gasteiger partial charge is 0.313 e. The second kappa shape index (κ2) is 8.37. The maximum atomic E-state index is 13.1. The molecule has 1 saturated heterocycles. The van der Waals surface area contributed by atoms with Gasteiger partial charge in [0.05, 0.1) is 17.9 Å².